The molecule has 108 valence electrons. The van der Waals surface area contributed by atoms with Crippen molar-refractivity contribution in [1.82, 2.24) is 10.2 Å². The number of likely N-dealkylation sites (tertiary alicyclic amines) is 1. The number of carbonyl (C=O) groups excluding carboxylic acids is 1. The Kier molecular flexibility index (Phi) is 4.02. The number of hydrogen-bond acceptors (Lipinski definition) is 2. The van der Waals surface area contributed by atoms with Gasteiger partial charge in [0.05, 0.1) is 5.92 Å². The number of carboxylic acid groups (broad SMARTS) is 1. The molecule has 0 bridgehead atoms. The Hall–Kier alpha value is -1.26. The van der Waals surface area contributed by atoms with E-state index in [1.54, 1.807) is 4.90 Å². The normalized spacial score (nSPS) is 28.2. The van der Waals surface area contributed by atoms with Gasteiger partial charge in [-0.1, -0.05) is 20.3 Å². The fourth-order valence-electron chi connectivity index (χ4n) is 3.05. The number of rotatable bonds is 5. The van der Waals surface area contributed by atoms with Gasteiger partial charge >= 0.3 is 12.0 Å². The monoisotopic (exact) mass is 268 g/mol. The molecule has 2 N–H and O–H groups in total. The van der Waals surface area contributed by atoms with Gasteiger partial charge in [-0.3, -0.25) is 4.79 Å². The van der Waals surface area contributed by atoms with Crippen molar-refractivity contribution < 1.29 is 14.7 Å². The van der Waals surface area contributed by atoms with E-state index >= 15 is 0 Å². The van der Waals surface area contributed by atoms with E-state index in [-0.39, 0.29) is 11.9 Å². The molecule has 19 heavy (non-hydrogen) atoms. The van der Waals surface area contributed by atoms with Crippen LogP contribution in [-0.2, 0) is 4.79 Å². The van der Waals surface area contributed by atoms with Crippen LogP contribution in [0.25, 0.3) is 0 Å². The lowest BCUT2D eigenvalue weighted by Crippen LogP contribution is -2.41. The minimum Gasteiger partial charge on any atom is -0.481 e. The van der Waals surface area contributed by atoms with E-state index in [0.717, 1.165) is 13.0 Å². The number of amides is 2. The van der Waals surface area contributed by atoms with Crippen LogP contribution in [-0.4, -0.2) is 41.6 Å². The Morgan fingerprint density at radius 1 is 1.37 bits per heavy atom. The number of nitrogens with one attached hydrogen (secondary N) is 1. The van der Waals surface area contributed by atoms with Gasteiger partial charge in [0.1, 0.15) is 0 Å². The van der Waals surface area contributed by atoms with Gasteiger partial charge < -0.3 is 15.3 Å². The van der Waals surface area contributed by atoms with Crippen molar-refractivity contribution in [2.45, 2.75) is 39.5 Å². The van der Waals surface area contributed by atoms with Crippen LogP contribution in [0.4, 0.5) is 4.79 Å². The topological polar surface area (TPSA) is 69.6 Å². The van der Waals surface area contributed by atoms with Crippen LogP contribution in [0.5, 0.6) is 0 Å². The minimum absolute atomic E-state index is 0.0359. The van der Waals surface area contributed by atoms with E-state index in [4.69, 9.17) is 5.11 Å². The van der Waals surface area contributed by atoms with Crippen molar-refractivity contribution in [3.8, 4) is 0 Å². The lowest BCUT2D eigenvalue weighted by molar-refractivity contribution is -0.142. The molecule has 5 nitrogen and oxygen atoms in total. The molecule has 0 spiro atoms. The third kappa shape index (κ3) is 3.19. The van der Waals surface area contributed by atoms with E-state index in [1.165, 1.54) is 19.3 Å². The van der Waals surface area contributed by atoms with Gasteiger partial charge in [-0.15, -0.1) is 0 Å². The Labute approximate surface area is 114 Å². The molecule has 0 aromatic carbocycles. The predicted molar refractivity (Wildman–Crippen MR) is 71.8 cm³/mol. The first-order valence-electron chi connectivity index (χ1n) is 7.23. The van der Waals surface area contributed by atoms with Gasteiger partial charge in [-0.05, 0) is 30.6 Å². The van der Waals surface area contributed by atoms with E-state index in [1.807, 2.05) is 6.92 Å². The number of aliphatic carboxylic acids is 1. The van der Waals surface area contributed by atoms with Crippen molar-refractivity contribution in [1.29, 1.82) is 0 Å². The molecule has 2 fully saturated rings. The first-order valence-corrected chi connectivity index (χ1v) is 7.23. The highest BCUT2D eigenvalue weighted by Crippen LogP contribution is 2.48. The van der Waals surface area contributed by atoms with Gasteiger partial charge in [0.15, 0.2) is 0 Å². The van der Waals surface area contributed by atoms with Gasteiger partial charge in [-0.25, -0.2) is 4.79 Å². The van der Waals surface area contributed by atoms with E-state index in [2.05, 4.69) is 12.2 Å². The zero-order chi connectivity index (χ0) is 14.0. The number of hydrogen-bond donors (Lipinski definition) is 2. The molecule has 2 atom stereocenters. The summed E-state index contributed by atoms with van der Waals surface area (Å²) in [5.41, 5.74) is 0.335. The standard InChI is InChI=1S/C14H24N2O3/c1-3-4-14(5-6-14)9-15-13(19)16-7-10(2)11(8-16)12(17)18/h10-11H,3-9H2,1-2H3,(H,15,19)(H,17,18). The Bertz CT molecular complexity index is 366. The summed E-state index contributed by atoms with van der Waals surface area (Å²) >= 11 is 0. The van der Waals surface area contributed by atoms with Crippen molar-refractivity contribution in [3.05, 3.63) is 0 Å². The molecular weight excluding hydrogens is 244 g/mol. The van der Waals surface area contributed by atoms with Crippen LogP contribution in [0, 0.1) is 17.3 Å². The molecule has 1 saturated carbocycles. The summed E-state index contributed by atoms with van der Waals surface area (Å²) in [4.78, 5) is 24.7. The maximum absolute atomic E-state index is 12.1. The largest absolute Gasteiger partial charge is 0.481 e. The highest BCUT2D eigenvalue weighted by atomic mass is 16.4. The van der Waals surface area contributed by atoms with Crippen LogP contribution in [0.15, 0.2) is 0 Å². The summed E-state index contributed by atoms with van der Waals surface area (Å²) in [5, 5.41) is 12.1. The molecule has 0 aromatic heterocycles. The Balaban J connectivity index is 1.80. The maximum Gasteiger partial charge on any atom is 0.317 e. The molecule has 2 amide bonds. The highest BCUT2D eigenvalue weighted by Gasteiger charge is 2.42. The third-order valence-corrected chi connectivity index (χ3v) is 4.57. The average Bonchev–Trinajstić information content (AvgIpc) is 3.00. The lowest BCUT2D eigenvalue weighted by Gasteiger charge is -2.20. The van der Waals surface area contributed by atoms with E-state index in [0.29, 0.717) is 18.5 Å². The number of carboxylic acids is 1. The molecule has 0 radical (unpaired) electrons. The smallest absolute Gasteiger partial charge is 0.317 e. The second-order valence-electron chi connectivity index (χ2n) is 6.24. The second kappa shape index (κ2) is 5.39. The first kappa shape index (κ1) is 14.2. The summed E-state index contributed by atoms with van der Waals surface area (Å²) < 4.78 is 0. The number of carbonyl (C=O) groups is 2. The van der Waals surface area contributed by atoms with E-state index < -0.39 is 11.9 Å². The molecule has 1 aliphatic carbocycles. The van der Waals surface area contributed by atoms with Gasteiger partial charge in [0.2, 0.25) is 0 Å². The predicted octanol–water partition coefficient (Wildman–Crippen LogP) is 1.93. The lowest BCUT2D eigenvalue weighted by atomic mass is 9.99. The number of nitrogens with zero attached hydrogens (tertiary/aromatic N) is 1. The molecule has 1 saturated heterocycles. The van der Waals surface area contributed by atoms with Crippen LogP contribution in [0.1, 0.15) is 39.5 Å². The summed E-state index contributed by atoms with van der Waals surface area (Å²) in [7, 11) is 0. The van der Waals surface area contributed by atoms with Crippen LogP contribution in [0.3, 0.4) is 0 Å². The Morgan fingerprint density at radius 2 is 2.05 bits per heavy atom. The zero-order valence-corrected chi connectivity index (χ0v) is 11.8. The number of urea groups is 1. The highest BCUT2D eigenvalue weighted by molar-refractivity contribution is 5.77. The van der Waals surface area contributed by atoms with Gasteiger partial charge in [0.25, 0.3) is 0 Å². The second-order valence-corrected chi connectivity index (χ2v) is 6.24. The van der Waals surface area contributed by atoms with E-state index in [9.17, 15) is 9.59 Å². The minimum atomic E-state index is -0.799. The molecule has 0 aromatic rings. The van der Waals surface area contributed by atoms with Crippen molar-refractivity contribution in [3.63, 3.8) is 0 Å². The van der Waals surface area contributed by atoms with Crippen molar-refractivity contribution in [2.75, 3.05) is 19.6 Å². The quantitative estimate of drug-likeness (QED) is 0.800. The fourth-order valence-corrected chi connectivity index (χ4v) is 3.05. The van der Waals surface area contributed by atoms with Gasteiger partial charge in [0, 0.05) is 19.6 Å². The summed E-state index contributed by atoms with van der Waals surface area (Å²) in [5.74, 6) is -1.18. The summed E-state index contributed by atoms with van der Waals surface area (Å²) in [6.07, 6.45) is 4.73. The molecule has 1 heterocycles. The fraction of sp³-hybridized carbons (Fsp3) is 0.857. The van der Waals surface area contributed by atoms with Crippen molar-refractivity contribution in [2.24, 2.45) is 17.3 Å². The molecule has 1 aliphatic heterocycles. The first-order chi connectivity index (χ1) is 8.97. The molecule has 2 unspecified atom stereocenters. The molecule has 2 rings (SSSR count). The maximum atomic E-state index is 12.1. The van der Waals surface area contributed by atoms with Crippen LogP contribution in [0.2, 0.25) is 0 Å². The summed E-state index contributed by atoms with van der Waals surface area (Å²) in [6.45, 7) is 5.68. The van der Waals surface area contributed by atoms with Crippen LogP contribution >= 0.6 is 0 Å². The molecular formula is C14H24N2O3. The molecule has 5 heteroatoms. The van der Waals surface area contributed by atoms with Gasteiger partial charge in [-0.2, -0.15) is 0 Å². The third-order valence-electron chi connectivity index (χ3n) is 4.57. The summed E-state index contributed by atoms with van der Waals surface area (Å²) in [6, 6.07) is -0.0991. The average molecular weight is 268 g/mol. The van der Waals surface area contributed by atoms with Crippen LogP contribution < -0.4 is 5.32 Å². The van der Waals surface area contributed by atoms with Crippen molar-refractivity contribution >= 4 is 12.0 Å². The zero-order valence-electron chi connectivity index (χ0n) is 11.8. The molecule has 2 aliphatic rings. The SMILES string of the molecule is CCCC1(CNC(=O)N2CC(C)C(C(=O)O)C2)CC1. The Morgan fingerprint density at radius 3 is 2.53 bits per heavy atom.